The predicted octanol–water partition coefficient (Wildman–Crippen LogP) is 1.90. The third-order valence-electron chi connectivity index (χ3n) is 2.35. The van der Waals surface area contributed by atoms with Crippen LogP contribution in [0.4, 0.5) is 0 Å². The zero-order valence-electron chi connectivity index (χ0n) is 9.07. The molecule has 78 valence electrons. The van der Waals surface area contributed by atoms with Crippen molar-refractivity contribution >= 4 is 0 Å². The molecule has 1 heterocycles. The fraction of sp³-hybridized carbons (Fsp3) is 0.250. The minimum Gasteiger partial charge on any atom is -0.316 e. The van der Waals surface area contributed by atoms with Crippen molar-refractivity contribution < 1.29 is 0 Å². The van der Waals surface area contributed by atoms with Gasteiger partial charge >= 0.3 is 0 Å². The third kappa shape index (κ3) is 2.07. The van der Waals surface area contributed by atoms with Gasteiger partial charge in [-0.2, -0.15) is 5.10 Å². The number of benzene rings is 1. The van der Waals surface area contributed by atoms with E-state index in [9.17, 15) is 0 Å². The van der Waals surface area contributed by atoms with E-state index in [1.54, 1.807) is 6.20 Å². The average molecular weight is 201 g/mol. The molecule has 0 amide bonds. The molecule has 0 atom stereocenters. The van der Waals surface area contributed by atoms with E-state index in [1.807, 2.05) is 24.0 Å². The summed E-state index contributed by atoms with van der Waals surface area (Å²) in [5.74, 6) is 0. The van der Waals surface area contributed by atoms with Crippen molar-refractivity contribution in [1.29, 1.82) is 0 Å². The van der Waals surface area contributed by atoms with Crippen LogP contribution in [-0.4, -0.2) is 16.8 Å². The quantitative estimate of drug-likeness (QED) is 0.822. The summed E-state index contributed by atoms with van der Waals surface area (Å²) in [5, 5.41) is 7.42. The van der Waals surface area contributed by atoms with Crippen LogP contribution >= 0.6 is 0 Å². The summed E-state index contributed by atoms with van der Waals surface area (Å²) < 4.78 is 1.89. The van der Waals surface area contributed by atoms with Gasteiger partial charge in [-0.15, -0.1) is 0 Å². The van der Waals surface area contributed by atoms with E-state index in [0.29, 0.717) is 0 Å². The first-order chi connectivity index (χ1) is 7.31. The standard InChI is InChI=1S/C12H15N3/c1-10-4-5-12(11(8-10)9-13-2)15-7-3-6-14-15/h3-8,13H,9H2,1-2H3. The molecule has 1 N–H and O–H groups in total. The molecule has 1 aromatic heterocycles. The Hall–Kier alpha value is -1.61. The second-order valence-electron chi connectivity index (χ2n) is 3.61. The van der Waals surface area contributed by atoms with Crippen LogP contribution in [0.25, 0.3) is 5.69 Å². The number of hydrogen-bond donors (Lipinski definition) is 1. The Morgan fingerprint density at radius 3 is 2.93 bits per heavy atom. The van der Waals surface area contributed by atoms with Crippen molar-refractivity contribution in [3.05, 3.63) is 47.8 Å². The summed E-state index contributed by atoms with van der Waals surface area (Å²) in [4.78, 5) is 0. The van der Waals surface area contributed by atoms with Gasteiger partial charge in [-0.1, -0.05) is 17.7 Å². The lowest BCUT2D eigenvalue weighted by Crippen LogP contribution is -2.09. The normalized spacial score (nSPS) is 10.5. The number of hydrogen-bond acceptors (Lipinski definition) is 2. The highest BCUT2D eigenvalue weighted by atomic mass is 15.3. The Labute approximate surface area is 89.7 Å². The molecule has 15 heavy (non-hydrogen) atoms. The van der Waals surface area contributed by atoms with Crippen molar-refractivity contribution in [2.75, 3.05) is 7.05 Å². The molecule has 0 saturated carbocycles. The van der Waals surface area contributed by atoms with Gasteiger partial charge in [-0.05, 0) is 31.7 Å². The van der Waals surface area contributed by atoms with Gasteiger partial charge in [-0.3, -0.25) is 0 Å². The first-order valence-corrected chi connectivity index (χ1v) is 5.05. The van der Waals surface area contributed by atoms with Gasteiger partial charge in [-0.25, -0.2) is 4.68 Å². The van der Waals surface area contributed by atoms with Crippen LogP contribution in [0.3, 0.4) is 0 Å². The topological polar surface area (TPSA) is 29.9 Å². The van der Waals surface area contributed by atoms with E-state index in [2.05, 4.69) is 35.5 Å². The van der Waals surface area contributed by atoms with Gasteiger partial charge in [0.2, 0.25) is 0 Å². The van der Waals surface area contributed by atoms with Crippen LogP contribution in [-0.2, 0) is 6.54 Å². The molecule has 3 heteroatoms. The van der Waals surface area contributed by atoms with E-state index in [0.717, 1.165) is 12.2 Å². The largest absolute Gasteiger partial charge is 0.316 e. The highest BCUT2D eigenvalue weighted by Gasteiger charge is 2.03. The zero-order valence-corrected chi connectivity index (χ0v) is 9.07. The molecule has 0 radical (unpaired) electrons. The van der Waals surface area contributed by atoms with Gasteiger partial charge < -0.3 is 5.32 Å². The number of nitrogens with zero attached hydrogens (tertiary/aromatic N) is 2. The van der Waals surface area contributed by atoms with Gasteiger partial charge in [0.25, 0.3) is 0 Å². The van der Waals surface area contributed by atoms with Gasteiger partial charge in [0.05, 0.1) is 5.69 Å². The smallest absolute Gasteiger partial charge is 0.0690 e. The SMILES string of the molecule is CNCc1cc(C)ccc1-n1cccn1. The zero-order chi connectivity index (χ0) is 10.7. The number of rotatable bonds is 3. The first kappa shape index (κ1) is 9.93. The van der Waals surface area contributed by atoms with Crippen LogP contribution in [0.2, 0.25) is 0 Å². The maximum Gasteiger partial charge on any atom is 0.0690 e. The average Bonchev–Trinajstić information content (AvgIpc) is 2.71. The monoisotopic (exact) mass is 201 g/mol. The molecule has 0 aliphatic heterocycles. The molecule has 1 aromatic carbocycles. The maximum atomic E-state index is 4.25. The Balaban J connectivity index is 2.46. The van der Waals surface area contributed by atoms with Gasteiger partial charge in [0.1, 0.15) is 0 Å². The summed E-state index contributed by atoms with van der Waals surface area (Å²) >= 11 is 0. The summed E-state index contributed by atoms with van der Waals surface area (Å²) in [6.45, 7) is 2.96. The molecule has 3 nitrogen and oxygen atoms in total. The third-order valence-corrected chi connectivity index (χ3v) is 2.35. The van der Waals surface area contributed by atoms with E-state index in [4.69, 9.17) is 0 Å². The molecular formula is C12H15N3. The second kappa shape index (κ2) is 4.28. The maximum absolute atomic E-state index is 4.25. The van der Waals surface area contributed by atoms with Crippen LogP contribution in [0.5, 0.6) is 0 Å². The van der Waals surface area contributed by atoms with E-state index >= 15 is 0 Å². The summed E-state index contributed by atoms with van der Waals surface area (Å²) in [7, 11) is 1.95. The van der Waals surface area contributed by atoms with Gasteiger partial charge in [0, 0.05) is 18.9 Å². The van der Waals surface area contributed by atoms with Crippen molar-refractivity contribution in [2.45, 2.75) is 13.5 Å². The number of nitrogens with one attached hydrogen (secondary N) is 1. The molecule has 0 aliphatic rings. The second-order valence-corrected chi connectivity index (χ2v) is 3.61. The number of aromatic nitrogens is 2. The van der Waals surface area contributed by atoms with Crippen LogP contribution in [0, 0.1) is 6.92 Å². The molecule has 0 aliphatic carbocycles. The Kier molecular flexibility index (Phi) is 2.83. The van der Waals surface area contributed by atoms with E-state index in [1.165, 1.54) is 11.1 Å². The van der Waals surface area contributed by atoms with Crippen LogP contribution in [0.1, 0.15) is 11.1 Å². The lowest BCUT2D eigenvalue weighted by molar-refractivity contribution is 0.788. The Morgan fingerprint density at radius 1 is 1.40 bits per heavy atom. The molecule has 0 fully saturated rings. The van der Waals surface area contributed by atoms with Crippen molar-refractivity contribution in [3.8, 4) is 5.69 Å². The summed E-state index contributed by atoms with van der Waals surface area (Å²) in [5.41, 5.74) is 3.68. The van der Waals surface area contributed by atoms with Crippen molar-refractivity contribution in [3.63, 3.8) is 0 Å². The molecular weight excluding hydrogens is 186 g/mol. The van der Waals surface area contributed by atoms with Crippen LogP contribution < -0.4 is 5.32 Å². The molecule has 2 aromatic rings. The first-order valence-electron chi connectivity index (χ1n) is 5.05. The Morgan fingerprint density at radius 2 is 2.27 bits per heavy atom. The molecule has 2 rings (SSSR count). The fourth-order valence-corrected chi connectivity index (χ4v) is 1.68. The number of aryl methyl sites for hydroxylation is 1. The highest BCUT2D eigenvalue weighted by Crippen LogP contribution is 2.15. The molecule has 0 bridgehead atoms. The lowest BCUT2D eigenvalue weighted by Gasteiger charge is -2.10. The molecule has 0 saturated heterocycles. The van der Waals surface area contributed by atoms with E-state index in [-0.39, 0.29) is 0 Å². The minimum atomic E-state index is 0.858. The van der Waals surface area contributed by atoms with Crippen molar-refractivity contribution in [1.82, 2.24) is 15.1 Å². The summed E-state index contributed by atoms with van der Waals surface area (Å²) in [6.07, 6.45) is 3.76. The minimum absolute atomic E-state index is 0.858. The highest BCUT2D eigenvalue weighted by molar-refractivity contribution is 5.42. The van der Waals surface area contributed by atoms with Crippen molar-refractivity contribution in [2.24, 2.45) is 0 Å². The predicted molar refractivity (Wildman–Crippen MR) is 61.1 cm³/mol. The molecule has 0 unspecified atom stereocenters. The van der Waals surface area contributed by atoms with Gasteiger partial charge in [0.15, 0.2) is 0 Å². The lowest BCUT2D eigenvalue weighted by atomic mass is 10.1. The fourth-order valence-electron chi connectivity index (χ4n) is 1.68. The molecule has 0 spiro atoms. The Bertz CT molecular complexity index is 432. The van der Waals surface area contributed by atoms with E-state index < -0.39 is 0 Å². The summed E-state index contributed by atoms with van der Waals surface area (Å²) in [6, 6.07) is 8.34. The van der Waals surface area contributed by atoms with Crippen LogP contribution in [0.15, 0.2) is 36.7 Å².